The van der Waals surface area contributed by atoms with Crippen LogP contribution in [0, 0.1) is 6.92 Å². The van der Waals surface area contributed by atoms with Crippen LogP contribution in [0.1, 0.15) is 24.4 Å². The zero-order valence-corrected chi connectivity index (χ0v) is 8.88. The maximum absolute atomic E-state index is 10.9. The van der Waals surface area contributed by atoms with E-state index in [0.29, 0.717) is 6.42 Å². The highest BCUT2D eigenvalue weighted by Gasteiger charge is 2.19. The SMILES string of the molecule is Cc1ccc(CNCC2CCC(=O)N2)o1. The average molecular weight is 208 g/mol. The van der Waals surface area contributed by atoms with E-state index in [-0.39, 0.29) is 11.9 Å². The Bertz CT molecular complexity index is 346. The molecule has 1 amide bonds. The second-order valence-electron chi connectivity index (χ2n) is 3.95. The van der Waals surface area contributed by atoms with Gasteiger partial charge in [-0.2, -0.15) is 0 Å². The lowest BCUT2D eigenvalue weighted by molar-refractivity contribution is -0.119. The minimum atomic E-state index is 0.163. The lowest BCUT2D eigenvalue weighted by atomic mass is 10.2. The Labute approximate surface area is 89.0 Å². The molecule has 1 aromatic heterocycles. The molecule has 0 aromatic carbocycles. The minimum Gasteiger partial charge on any atom is -0.465 e. The van der Waals surface area contributed by atoms with E-state index in [2.05, 4.69) is 10.6 Å². The number of carbonyl (C=O) groups is 1. The van der Waals surface area contributed by atoms with E-state index in [0.717, 1.165) is 31.0 Å². The monoisotopic (exact) mass is 208 g/mol. The standard InChI is InChI=1S/C11H16N2O2/c1-8-2-4-10(15-8)7-12-6-9-3-5-11(14)13-9/h2,4,9,12H,3,5-7H2,1H3,(H,13,14). The van der Waals surface area contributed by atoms with Gasteiger partial charge in [-0.1, -0.05) is 0 Å². The van der Waals surface area contributed by atoms with E-state index in [1.807, 2.05) is 19.1 Å². The number of nitrogens with one attached hydrogen (secondary N) is 2. The molecule has 0 spiro atoms. The van der Waals surface area contributed by atoms with Crippen LogP contribution in [0.5, 0.6) is 0 Å². The summed E-state index contributed by atoms with van der Waals surface area (Å²) < 4.78 is 5.42. The summed E-state index contributed by atoms with van der Waals surface area (Å²) in [5.74, 6) is 2.04. The Morgan fingerprint density at radius 2 is 2.47 bits per heavy atom. The Kier molecular flexibility index (Phi) is 3.06. The molecule has 4 nitrogen and oxygen atoms in total. The van der Waals surface area contributed by atoms with Gasteiger partial charge in [-0.05, 0) is 25.5 Å². The van der Waals surface area contributed by atoms with Crippen LogP contribution in [-0.2, 0) is 11.3 Å². The molecule has 2 rings (SSSR count). The first-order valence-electron chi connectivity index (χ1n) is 5.29. The molecule has 1 aliphatic rings. The summed E-state index contributed by atoms with van der Waals surface area (Å²) in [5.41, 5.74) is 0. The van der Waals surface area contributed by atoms with Crippen molar-refractivity contribution in [2.45, 2.75) is 32.4 Å². The lowest BCUT2D eigenvalue weighted by Crippen LogP contribution is -2.35. The fourth-order valence-electron chi connectivity index (χ4n) is 1.78. The van der Waals surface area contributed by atoms with E-state index < -0.39 is 0 Å². The fraction of sp³-hybridized carbons (Fsp3) is 0.545. The van der Waals surface area contributed by atoms with E-state index in [4.69, 9.17) is 4.42 Å². The van der Waals surface area contributed by atoms with Crippen molar-refractivity contribution in [1.29, 1.82) is 0 Å². The summed E-state index contributed by atoms with van der Waals surface area (Å²) in [6.07, 6.45) is 1.59. The Balaban J connectivity index is 1.69. The molecule has 1 atom stereocenters. The number of aryl methyl sites for hydroxylation is 1. The molecule has 0 saturated carbocycles. The number of carbonyl (C=O) groups excluding carboxylic acids is 1. The molecule has 4 heteroatoms. The smallest absolute Gasteiger partial charge is 0.220 e. The van der Waals surface area contributed by atoms with Gasteiger partial charge < -0.3 is 15.1 Å². The van der Waals surface area contributed by atoms with E-state index in [1.165, 1.54) is 0 Å². The summed E-state index contributed by atoms with van der Waals surface area (Å²) in [5, 5.41) is 6.18. The third-order valence-electron chi connectivity index (χ3n) is 2.57. The van der Waals surface area contributed by atoms with Gasteiger partial charge in [0, 0.05) is 19.0 Å². The van der Waals surface area contributed by atoms with Gasteiger partial charge in [-0.3, -0.25) is 4.79 Å². The number of hydrogen-bond acceptors (Lipinski definition) is 3. The normalized spacial score (nSPS) is 20.6. The van der Waals surface area contributed by atoms with Gasteiger partial charge in [0.05, 0.1) is 6.54 Å². The molecule has 15 heavy (non-hydrogen) atoms. The highest BCUT2D eigenvalue weighted by Crippen LogP contribution is 2.07. The van der Waals surface area contributed by atoms with Crippen LogP contribution < -0.4 is 10.6 Å². The molecule has 1 fully saturated rings. The van der Waals surface area contributed by atoms with E-state index >= 15 is 0 Å². The number of hydrogen-bond donors (Lipinski definition) is 2. The second-order valence-corrected chi connectivity index (χ2v) is 3.95. The first-order chi connectivity index (χ1) is 7.24. The van der Waals surface area contributed by atoms with E-state index in [1.54, 1.807) is 0 Å². The van der Waals surface area contributed by atoms with Crippen molar-refractivity contribution in [3.05, 3.63) is 23.7 Å². The molecule has 2 heterocycles. The highest BCUT2D eigenvalue weighted by atomic mass is 16.3. The summed E-state index contributed by atoms with van der Waals surface area (Å²) in [6.45, 7) is 3.46. The molecule has 82 valence electrons. The zero-order valence-electron chi connectivity index (χ0n) is 8.88. The zero-order chi connectivity index (χ0) is 10.7. The Hall–Kier alpha value is -1.29. The highest BCUT2D eigenvalue weighted by molar-refractivity contribution is 5.78. The lowest BCUT2D eigenvalue weighted by Gasteiger charge is -2.09. The maximum atomic E-state index is 10.9. The van der Waals surface area contributed by atoms with Crippen LogP contribution in [0.3, 0.4) is 0 Å². The quantitative estimate of drug-likeness (QED) is 0.774. The predicted octanol–water partition coefficient (Wildman–Crippen LogP) is 0.956. The molecule has 0 aliphatic carbocycles. The van der Waals surface area contributed by atoms with Gasteiger partial charge in [0.25, 0.3) is 0 Å². The van der Waals surface area contributed by atoms with Crippen LogP contribution in [0.2, 0.25) is 0 Å². The topological polar surface area (TPSA) is 54.3 Å². The average Bonchev–Trinajstić information content (AvgIpc) is 2.76. The van der Waals surface area contributed by atoms with Gasteiger partial charge in [0.15, 0.2) is 0 Å². The molecular formula is C11H16N2O2. The molecule has 1 unspecified atom stereocenters. The number of amides is 1. The Morgan fingerprint density at radius 3 is 3.07 bits per heavy atom. The number of furan rings is 1. The predicted molar refractivity (Wildman–Crippen MR) is 56.3 cm³/mol. The third kappa shape index (κ3) is 2.83. The van der Waals surface area contributed by atoms with Crippen LogP contribution in [0.15, 0.2) is 16.5 Å². The van der Waals surface area contributed by atoms with Gasteiger partial charge in [-0.25, -0.2) is 0 Å². The van der Waals surface area contributed by atoms with Crippen LogP contribution >= 0.6 is 0 Å². The maximum Gasteiger partial charge on any atom is 0.220 e. The second kappa shape index (κ2) is 4.49. The van der Waals surface area contributed by atoms with E-state index in [9.17, 15) is 4.79 Å². The van der Waals surface area contributed by atoms with Crippen molar-refractivity contribution in [2.24, 2.45) is 0 Å². The first-order valence-corrected chi connectivity index (χ1v) is 5.29. The summed E-state index contributed by atoms with van der Waals surface area (Å²) >= 11 is 0. The fourth-order valence-corrected chi connectivity index (χ4v) is 1.78. The van der Waals surface area contributed by atoms with Crippen molar-refractivity contribution < 1.29 is 9.21 Å². The molecule has 0 bridgehead atoms. The molecule has 2 N–H and O–H groups in total. The van der Waals surface area contributed by atoms with Crippen molar-refractivity contribution in [3.8, 4) is 0 Å². The summed E-state index contributed by atoms with van der Waals surface area (Å²) in [4.78, 5) is 10.9. The minimum absolute atomic E-state index is 0.163. The van der Waals surface area contributed by atoms with Crippen molar-refractivity contribution in [1.82, 2.24) is 10.6 Å². The molecule has 1 aromatic rings. The van der Waals surface area contributed by atoms with Gasteiger partial charge >= 0.3 is 0 Å². The molecular weight excluding hydrogens is 192 g/mol. The number of rotatable bonds is 4. The third-order valence-corrected chi connectivity index (χ3v) is 2.57. The van der Waals surface area contributed by atoms with Crippen molar-refractivity contribution >= 4 is 5.91 Å². The Morgan fingerprint density at radius 1 is 1.60 bits per heavy atom. The molecule has 0 radical (unpaired) electrons. The summed E-state index contributed by atoms with van der Waals surface area (Å²) in [7, 11) is 0. The van der Waals surface area contributed by atoms with Crippen LogP contribution in [-0.4, -0.2) is 18.5 Å². The van der Waals surface area contributed by atoms with Gasteiger partial charge in [-0.15, -0.1) is 0 Å². The summed E-state index contributed by atoms with van der Waals surface area (Å²) in [6, 6.07) is 4.21. The van der Waals surface area contributed by atoms with Crippen LogP contribution in [0.25, 0.3) is 0 Å². The largest absolute Gasteiger partial charge is 0.465 e. The molecule has 1 aliphatic heterocycles. The van der Waals surface area contributed by atoms with Gasteiger partial charge in [0.2, 0.25) is 5.91 Å². The van der Waals surface area contributed by atoms with Crippen LogP contribution in [0.4, 0.5) is 0 Å². The van der Waals surface area contributed by atoms with Gasteiger partial charge in [0.1, 0.15) is 11.5 Å². The molecule has 1 saturated heterocycles. The van der Waals surface area contributed by atoms with Crippen molar-refractivity contribution in [3.63, 3.8) is 0 Å². The first kappa shape index (κ1) is 10.2. The van der Waals surface area contributed by atoms with Crippen molar-refractivity contribution in [2.75, 3.05) is 6.54 Å².